The lowest BCUT2D eigenvalue weighted by Gasteiger charge is -2.24. The molecule has 0 aliphatic heterocycles. The molecule has 0 N–H and O–H groups in total. The Bertz CT molecular complexity index is 509. The molecule has 116 valence electrons. The van der Waals surface area contributed by atoms with Crippen LogP contribution in [0.2, 0.25) is 0 Å². The Morgan fingerprint density at radius 1 is 1.19 bits per heavy atom. The molecule has 6 nitrogen and oxygen atoms in total. The Morgan fingerprint density at radius 2 is 1.76 bits per heavy atom. The van der Waals surface area contributed by atoms with Gasteiger partial charge < -0.3 is 9.80 Å². The molecule has 1 rings (SSSR count). The number of carbonyl (C=O) groups is 1. The number of amides is 1. The van der Waals surface area contributed by atoms with Crippen molar-refractivity contribution in [3.8, 4) is 0 Å². The minimum atomic E-state index is -0.472. The number of carbonyl (C=O) groups excluding carboxylic acids is 1. The maximum absolute atomic E-state index is 12.7. The smallest absolute Gasteiger partial charge is 0.270 e. The van der Waals surface area contributed by atoms with E-state index >= 15 is 0 Å². The van der Waals surface area contributed by atoms with Gasteiger partial charge in [-0.2, -0.15) is 0 Å². The molecule has 21 heavy (non-hydrogen) atoms. The second-order valence-corrected chi connectivity index (χ2v) is 5.15. The van der Waals surface area contributed by atoms with Gasteiger partial charge >= 0.3 is 0 Å². The van der Waals surface area contributed by atoms with E-state index in [1.807, 2.05) is 27.9 Å². The van der Waals surface area contributed by atoms with Crippen molar-refractivity contribution in [1.29, 1.82) is 0 Å². The minimum Gasteiger partial charge on any atom is -0.377 e. The van der Waals surface area contributed by atoms with E-state index in [9.17, 15) is 14.9 Å². The average Bonchev–Trinajstić information content (AvgIpc) is 2.45. The topological polar surface area (TPSA) is 66.7 Å². The van der Waals surface area contributed by atoms with Crippen LogP contribution in [0.25, 0.3) is 0 Å². The van der Waals surface area contributed by atoms with Crippen molar-refractivity contribution in [3.05, 3.63) is 33.9 Å². The van der Waals surface area contributed by atoms with Gasteiger partial charge in [-0.15, -0.1) is 0 Å². The number of anilines is 1. The molecule has 0 aliphatic rings. The normalized spacial score (nSPS) is 10.3. The molecule has 0 saturated heterocycles. The molecule has 0 saturated carbocycles. The summed E-state index contributed by atoms with van der Waals surface area (Å²) in [5, 5.41) is 10.9. The lowest BCUT2D eigenvalue weighted by atomic mass is 10.1. The van der Waals surface area contributed by atoms with E-state index in [-0.39, 0.29) is 11.6 Å². The molecule has 0 atom stereocenters. The van der Waals surface area contributed by atoms with Gasteiger partial charge in [0.15, 0.2) is 0 Å². The second-order valence-electron chi connectivity index (χ2n) is 5.15. The van der Waals surface area contributed by atoms with Gasteiger partial charge in [-0.25, -0.2) is 0 Å². The molecule has 0 unspecified atom stereocenters. The maximum atomic E-state index is 12.7. The minimum absolute atomic E-state index is 0.0584. The van der Waals surface area contributed by atoms with E-state index in [0.717, 1.165) is 12.8 Å². The Labute approximate surface area is 125 Å². The highest BCUT2D eigenvalue weighted by Crippen LogP contribution is 2.25. The molecule has 0 radical (unpaired) electrons. The summed E-state index contributed by atoms with van der Waals surface area (Å²) in [7, 11) is 3.64. The fourth-order valence-electron chi connectivity index (χ4n) is 2.22. The van der Waals surface area contributed by atoms with E-state index in [1.165, 1.54) is 12.1 Å². The first-order valence-corrected chi connectivity index (χ1v) is 7.17. The third-order valence-corrected chi connectivity index (χ3v) is 3.18. The summed E-state index contributed by atoms with van der Waals surface area (Å²) >= 11 is 0. The van der Waals surface area contributed by atoms with Crippen LogP contribution >= 0.6 is 0 Å². The number of hydrogen-bond acceptors (Lipinski definition) is 4. The zero-order valence-electron chi connectivity index (χ0n) is 13.1. The Morgan fingerprint density at radius 3 is 2.19 bits per heavy atom. The third-order valence-electron chi connectivity index (χ3n) is 3.18. The Hall–Kier alpha value is -2.11. The number of nitrogens with zero attached hydrogens (tertiary/aromatic N) is 3. The Balaban J connectivity index is 3.25. The van der Waals surface area contributed by atoms with Gasteiger partial charge in [0, 0.05) is 45.0 Å². The molecule has 0 fully saturated rings. The van der Waals surface area contributed by atoms with E-state index in [0.29, 0.717) is 24.3 Å². The van der Waals surface area contributed by atoms with Crippen molar-refractivity contribution in [1.82, 2.24) is 4.90 Å². The summed E-state index contributed by atoms with van der Waals surface area (Å²) < 4.78 is 0. The third kappa shape index (κ3) is 4.18. The molecule has 1 aromatic carbocycles. The van der Waals surface area contributed by atoms with Crippen molar-refractivity contribution >= 4 is 17.3 Å². The average molecular weight is 293 g/mol. The zero-order chi connectivity index (χ0) is 16.0. The molecule has 1 amide bonds. The van der Waals surface area contributed by atoms with Gasteiger partial charge in [0.1, 0.15) is 0 Å². The number of nitro benzene ring substituents is 1. The quantitative estimate of drug-likeness (QED) is 0.572. The van der Waals surface area contributed by atoms with Crippen LogP contribution in [0.3, 0.4) is 0 Å². The predicted octanol–water partition coefficient (Wildman–Crippen LogP) is 2.92. The number of non-ortho nitro benzene ring substituents is 1. The number of benzene rings is 1. The molecular weight excluding hydrogens is 270 g/mol. The second kappa shape index (κ2) is 7.61. The van der Waals surface area contributed by atoms with Gasteiger partial charge in [0.2, 0.25) is 0 Å². The van der Waals surface area contributed by atoms with Crippen molar-refractivity contribution in [2.45, 2.75) is 26.7 Å². The van der Waals surface area contributed by atoms with Gasteiger partial charge in [-0.1, -0.05) is 13.8 Å². The van der Waals surface area contributed by atoms with Crippen molar-refractivity contribution in [3.63, 3.8) is 0 Å². The van der Waals surface area contributed by atoms with E-state index in [1.54, 1.807) is 15.9 Å². The summed E-state index contributed by atoms with van der Waals surface area (Å²) in [6.45, 7) is 5.33. The van der Waals surface area contributed by atoms with Crippen LogP contribution in [-0.2, 0) is 0 Å². The maximum Gasteiger partial charge on any atom is 0.270 e. The van der Waals surface area contributed by atoms with Crippen LogP contribution in [0.15, 0.2) is 18.2 Å². The summed E-state index contributed by atoms with van der Waals surface area (Å²) in [5.41, 5.74) is 1.02. The molecule has 0 aliphatic carbocycles. The van der Waals surface area contributed by atoms with Crippen molar-refractivity contribution < 1.29 is 9.72 Å². The van der Waals surface area contributed by atoms with Crippen LogP contribution in [0.1, 0.15) is 37.0 Å². The van der Waals surface area contributed by atoms with E-state index in [4.69, 9.17) is 0 Å². The zero-order valence-corrected chi connectivity index (χ0v) is 13.1. The van der Waals surface area contributed by atoms with Gasteiger partial charge in [0.05, 0.1) is 10.5 Å². The highest BCUT2D eigenvalue weighted by atomic mass is 16.6. The molecule has 1 aromatic rings. The van der Waals surface area contributed by atoms with Crippen LogP contribution in [-0.4, -0.2) is 42.9 Å². The highest BCUT2D eigenvalue weighted by molar-refractivity contribution is 6.00. The van der Waals surface area contributed by atoms with Crippen LogP contribution in [0.5, 0.6) is 0 Å². The fourth-order valence-corrected chi connectivity index (χ4v) is 2.22. The SMILES string of the molecule is CCCN(CCC)C(=O)c1cc([N+](=O)[O-])ccc1N(C)C. The monoisotopic (exact) mass is 293 g/mol. The lowest BCUT2D eigenvalue weighted by Crippen LogP contribution is -2.33. The van der Waals surface area contributed by atoms with Crippen molar-refractivity contribution in [2.75, 3.05) is 32.1 Å². The largest absolute Gasteiger partial charge is 0.377 e. The number of nitro groups is 1. The Kier molecular flexibility index (Phi) is 6.14. The standard InChI is InChI=1S/C15H23N3O3/c1-5-9-17(10-6-2)15(19)13-11-12(18(20)21)7-8-14(13)16(3)4/h7-8,11H,5-6,9-10H2,1-4H3. The van der Waals surface area contributed by atoms with E-state index in [2.05, 4.69) is 0 Å². The number of hydrogen-bond donors (Lipinski definition) is 0. The first-order chi connectivity index (χ1) is 9.92. The summed E-state index contributed by atoms with van der Waals surface area (Å²) in [6, 6.07) is 4.42. The predicted molar refractivity (Wildman–Crippen MR) is 83.9 cm³/mol. The van der Waals surface area contributed by atoms with E-state index < -0.39 is 4.92 Å². The highest BCUT2D eigenvalue weighted by Gasteiger charge is 2.21. The molecule has 6 heteroatoms. The molecular formula is C15H23N3O3. The van der Waals surface area contributed by atoms with Gasteiger partial charge in [0.25, 0.3) is 11.6 Å². The molecule has 0 aromatic heterocycles. The van der Waals surface area contributed by atoms with Crippen LogP contribution in [0.4, 0.5) is 11.4 Å². The fraction of sp³-hybridized carbons (Fsp3) is 0.533. The van der Waals surface area contributed by atoms with Crippen LogP contribution < -0.4 is 4.90 Å². The summed E-state index contributed by atoms with van der Waals surface area (Å²) in [5.74, 6) is -0.147. The first kappa shape index (κ1) is 16.9. The molecule has 0 heterocycles. The molecule has 0 spiro atoms. The van der Waals surface area contributed by atoms with Crippen LogP contribution in [0, 0.1) is 10.1 Å². The summed E-state index contributed by atoms with van der Waals surface area (Å²) in [6.07, 6.45) is 1.72. The summed E-state index contributed by atoms with van der Waals surface area (Å²) in [4.78, 5) is 26.7. The first-order valence-electron chi connectivity index (χ1n) is 7.17. The lowest BCUT2D eigenvalue weighted by molar-refractivity contribution is -0.384. The molecule has 0 bridgehead atoms. The van der Waals surface area contributed by atoms with Crippen molar-refractivity contribution in [2.24, 2.45) is 0 Å². The number of rotatable bonds is 7. The van der Waals surface area contributed by atoms with Gasteiger partial charge in [-0.05, 0) is 18.9 Å². The van der Waals surface area contributed by atoms with Gasteiger partial charge in [-0.3, -0.25) is 14.9 Å².